The van der Waals surface area contributed by atoms with E-state index in [0.29, 0.717) is 25.9 Å². The third-order valence-corrected chi connectivity index (χ3v) is 9.46. The molecular weight excluding hydrogens is 676 g/mol. The van der Waals surface area contributed by atoms with E-state index in [2.05, 4.69) is 20.1 Å². The number of carbonyl (C=O) groups excluding carboxylic acids is 2. The fourth-order valence-electron chi connectivity index (χ4n) is 5.33. The van der Waals surface area contributed by atoms with Gasteiger partial charge in [0, 0.05) is 44.9 Å². The Labute approximate surface area is 280 Å². The molecule has 2 amide bonds. The summed E-state index contributed by atoms with van der Waals surface area (Å²) in [5, 5.41) is 12.6. The first-order chi connectivity index (χ1) is 23.2. The summed E-state index contributed by atoms with van der Waals surface area (Å²) >= 11 is 0. The van der Waals surface area contributed by atoms with Crippen LogP contribution in [0.25, 0.3) is 11.4 Å². The minimum Gasteiger partial charge on any atom is -0.448 e. The highest BCUT2D eigenvalue weighted by molar-refractivity contribution is 7.52. The second-order valence-electron chi connectivity index (χ2n) is 11.6. The minimum absolute atomic E-state index is 0.00716. The van der Waals surface area contributed by atoms with Crippen molar-refractivity contribution in [2.45, 2.75) is 50.9 Å². The number of hydrogen-bond donors (Lipinski definition) is 3. The molecule has 0 spiro atoms. The Balaban J connectivity index is 1.63. The van der Waals surface area contributed by atoms with Gasteiger partial charge in [-0.05, 0) is 31.4 Å². The standard InChI is InChI=1S/C30H40F3N6O9P/c1-3-4-15-47-49(44,45)16-9-23(28(41)37-11-13-39(14-12-37)48-29(42)43)35-27(40)24-18-25(38-10-8-22(19-38)46-2)36-26(34-24)20-6-5-7-21(17-20)30(31,32)33/h5-7,17-18,22-23H,3-4,8-16,19H2,1-2H3,(H,35,40)(H,42,43)(H,44,45)/t22-,23-/m0/s1. The van der Waals surface area contributed by atoms with Crippen molar-refractivity contribution >= 4 is 31.4 Å². The first kappa shape index (κ1) is 38.0. The van der Waals surface area contributed by atoms with E-state index < -0.39 is 49.5 Å². The van der Waals surface area contributed by atoms with Crippen LogP contribution in [0.1, 0.15) is 48.7 Å². The number of rotatable bonds is 14. The zero-order valence-corrected chi connectivity index (χ0v) is 28.0. The number of carboxylic acid groups (broad SMARTS) is 1. The maximum absolute atomic E-state index is 13.8. The van der Waals surface area contributed by atoms with Gasteiger partial charge < -0.3 is 39.2 Å². The summed E-state index contributed by atoms with van der Waals surface area (Å²) in [6.45, 7) is 2.97. The average Bonchev–Trinajstić information content (AvgIpc) is 3.56. The van der Waals surface area contributed by atoms with Gasteiger partial charge in [-0.1, -0.05) is 25.5 Å². The van der Waals surface area contributed by atoms with Crippen LogP contribution in [0.4, 0.5) is 23.8 Å². The number of hydrogen-bond acceptors (Lipinski definition) is 11. The van der Waals surface area contributed by atoms with Crippen molar-refractivity contribution < 1.29 is 56.2 Å². The van der Waals surface area contributed by atoms with E-state index in [0.717, 1.165) is 23.6 Å². The van der Waals surface area contributed by atoms with E-state index in [1.54, 1.807) is 12.0 Å². The molecule has 270 valence electrons. The lowest BCUT2D eigenvalue weighted by Crippen LogP contribution is -2.55. The third-order valence-electron chi connectivity index (χ3n) is 8.05. The number of ether oxygens (including phenoxy) is 1. The first-order valence-corrected chi connectivity index (χ1v) is 17.5. The summed E-state index contributed by atoms with van der Waals surface area (Å²) in [4.78, 5) is 65.4. The molecule has 2 fully saturated rings. The smallest absolute Gasteiger partial charge is 0.448 e. The summed E-state index contributed by atoms with van der Waals surface area (Å²) in [7, 11) is -2.59. The number of nitrogens with one attached hydrogen (secondary N) is 1. The number of hydroxylamine groups is 2. The van der Waals surface area contributed by atoms with Gasteiger partial charge in [0.25, 0.3) is 5.91 Å². The molecule has 1 unspecified atom stereocenters. The molecule has 3 heterocycles. The fraction of sp³-hybridized carbons (Fsp3) is 0.567. The van der Waals surface area contributed by atoms with Gasteiger partial charge >= 0.3 is 19.9 Å². The Morgan fingerprint density at radius 1 is 1.12 bits per heavy atom. The number of halogens is 3. The Morgan fingerprint density at radius 2 is 1.86 bits per heavy atom. The van der Waals surface area contributed by atoms with Crippen molar-refractivity contribution in [2.24, 2.45) is 0 Å². The monoisotopic (exact) mass is 716 g/mol. The SMILES string of the molecule is CCCCOP(=O)(O)CC[C@H](NC(=O)c1cc(N2CC[C@H](OC)C2)nc(-c2cccc(C(F)(F)F)c2)n1)C(=O)N1CCN(OC(=O)O)CC1. The molecule has 19 heteroatoms. The van der Waals surface area contributed by atoms with Crippen LogP contribution in [0.2, 0.25) is 0 Å². The van der Waals surface area contributed by atoms with Gasteiger partial charge in [-0.2, -0.15) is 13.2 Å². The van der Waals surface area contributed by atoms with Gasteiger partial charge in [0.2, 0.25) is 5.91 Å². The summed E-state index contributed by atoms with van der Waals surface area (Å²) in [6.07, 6.45) is -5.14. The number of carbonyl (C=O) groups is 3. The largest absolute Gasteiger partial charge is 0.525 e. The average molecular weight is 717 g/mol. The lowest BCUT2D eigenvalue weighted by Gasteiger charge is -2.35. The Bertz CT molecular complexity index is 1530. The predicted octanol–water partition coefficient (Wildman–Crippen LogP) is 3.63. The van der Waals surface area contributed by atoms with E-state index >= 15 is 0 Å². The molecule has 49 heavy (non-hydrogen) atoms. The normalized spacial score (nSPS) is 18.9. The lowest BCUT2D eigenvalue weighted by atomic mass is 10.1. The number of unbranched alkanes of at least 4 members (excludes halogenated alkanes) is 1. The predicted molar refractivity (Wildman–Crippen MR) is 169 cm³/mol. The van der Waals surface area contributed by atoms with Crippen LogP contribution in [-0.2, 0) is 29.6 Å². The third kappa shape index (κ3) is 10.8. The molecular formula is C30H40F3N6O9P. The number of nitrogens with zero attached hydrogens (tertiary/aromatic N) is 5. The summed E-state index contributed by atoms with van der Waals surface area (Å²) < 4.78 is 64.0. The number of alkyl halides is 3. The van der Waals surface area contributed by atoms with Crippen LogP contribution in [0, 0.1) is 0 Å². The maximum atomic E-state index is 13.8. The van der Waals surface area contributed by atoms with Crippen LogP contribution in [0.3, 0.4) is 0 Å². The first-order valence-electron chi connectivity index (χ1n) is 15.8. The second-order valence-corrected chi connectivity index (χ2v) is 13.6. The zero-order valence-electron chi connectivity index (χ0n) is 27.1. The van der Waals surface area contributed by atoms with E-state index in [-0.39, 0.29) is 68.2 Å². The van der Waals surface area contributed by atoms with E-state index in [4.69, 9.17) is 14.4 Å². The van der Waals surface area contributed by atoms with Crippen molar-refractivity contribution in [3.8, 4) is 11.4 Å². The van der Waals surface area contributed by atoms with Crippen molar-refractivity contribution in [1.82, 2.24) is 25.2 Å². The van der Waals surface area contributed by atoms with Gasteiger partial charge in [0.1, 0.15) is 17.6 Å². The fourth-order valence-corrected chi connectivity index (χ4v) is 6.46. The lowest BCUT2D eigenvalue weighted by molar-refractivity contribution is -0.154. The number of benzene rings is 1. The molecule has 0 aliphatic carbocycles. The van der Waals surface area contributed by atoms with E-state index in [1.807, 2.05) is 6.92 Å². The van der Waals surface area contributed by atoms with Gasteiger partial charge in [-0.3, -0.25) is 14.2 Å². The molecule has 2 aliphatic rings. The van der Waals surface area contributed by atoms with Crippen LogP contribution in [-0.4, -0.2) is 119 Å². The highest BCUT2D eigenvalue weighted by Gasteiger charge is 2.34. The molecule has 2 saturated heterocycles. The number of methoxy groups -OCH3 is 1. The minimum atomic E-state index is -4.64. The molecule has 2 aliphatic heterocycles. The maximum Gasteiger partial charge on any atom is 0.525 e. The molecule has 2 aromatic rings. The number of aromatic nitrogens is 2. The molecule has 3 N–H and O–H groups in total. The van der Waals surface area contributed by atoms with Crippen LogP contribution < -0.4 is 10.2 Å². The Morgan fingerprint density at radius 3 is 2.49 bits per heavy atom. The van der Waals surface area contributed by atoms with Crippen molar-refractivity contribution in [3.05, 3.63) is 41.6 Å². The van der Waals surface area contributed by atoms with Gasteiger partial charge in [-0.15, -0.1) is 5.06 Å². The Kier molecular flexibility index (Phi) is 13.0. The van der Waals surface area contributed by atoms with Crippen LogP contribution >= 0.6 is 7.60 Å². The summed E-state index contributed by atoms with van der Waals surface area (Å²) in [5.41, 5.74) is -1.17. The topological polar surface area (TPSA) is 184 Å². The second kappa shape index (κ2) is 16.7. The quantitative estimate of drug-likeness (QED) is 0.191. The summed E-state index contributed by atoms with van der Waals surface area (Å²) in [5.74, 6) is -1.37. The van der Waals surface area contributed by atoms with Crippen molar-refractivity contribution in [1.29, 1.82) is 0 Å². The van der Waals surface area contributed by atoms with Gasteiger partial charge in [-0.25, -0.2) is 14.8 Å². The molecule has 0 radical (unpaired) electrons. The van der Waals surface area contributed by atoms with Gasteiger partial charge in [0.05, 0.1) is 37.5 Å². The molecule has 4 rings (SSSR count). The number of anilines is 1. The van der Waals surface area contributed by atoms with Gasteiger partial charge in [0.15, 0.2) is 5.82 Å². The highest BCUT2D eigenvalue weighted by atomic mass is 31.2. The number of amides is 2. The molecule has 0 saturated carbocycles. The molecule has 0 bridgehead atoms. The molecule has 1 aromatic heterocycles. The van der Waals surface area contributed by atoms with E-state index in [1.165, 1.54) is 23.1 Å². The number of piperazine rings is 1. The van der Waals surface area contributed by atoms with Crippen molar-refractivity contribution in [2.75, 3.05) is 64.0 Å². The van der Waals surface area contributed by atoms with Crippen LogP contribution in [0.5, 0.6) is 0 Å². The molecule has 15 nitrogen and oxygen atoms in total. The molecule has 3 atom stereocenters. The highest BCUT2D eigenvalue weighted by Crippen LogP contribution is 2.43. The van der Waals surface area contributed by atoms with Crippen LogP contribution in [0.15, 0.2) is 30.3 Å². The van der Waals surface area contributed by atoms with E-state index in [9.17, 15) is 37.0 Å². The summed E-state index contributed by atoms with van der Waals surface area (Å²) in [6, 6.07) is 4.39. The van der Waals surface area contributed by atoms with Crippen molar-refractivity contribution in [3.63, 3.8) is 0 Å². The molecule has 1 aromatic carbocycles. The zero-order chi connectivity index (χ0) is 35.8. The Hall–Kier alpha value is -3.83.